The molecule has 0 aliphatic carbocycles. The van der Waals surface area contributed by atoms with Crippen LogP contribution >= 0.6 is 34.8 Å². The smallest absolute Gasteiger partial charge is 0.351 e. The summed E-state index contributed by atoms with van der Waals surface area (Å²) in [6.45, 7) is 1.68. The second kappa shape index (κ2) is 8.38. The quantitative estimate of drug-likeness (QED) is 0.376. The lowest BCUT2D eigenvalue weighted by molar-refractivity contribution is -0.138. The minimum absolute atomic E-state index is 0.00175. The number of carbonyl (C=O) groups is 3. The molecule has 0 saturated heterocycles. The number of esters is 1. The van der Waals surface area contributed by atoms with Crippen LogP contribution in [0.4, 0.5) is 10.5 Å². The minimum Gasteiger partial charge on any atom is -0.452 e. The molecule has 0 unspecified atom stereocenters. The maximum Gasteiger partial charge on any atom is 0.351 e. The van der Waals surface area contributed by atoms with Gasteiger partial charge in [-0.05, 0) is 37.3 Å². The number of nitrogens with zero attached hydrogens (tertiary/aromatic N) is 1. The lowest BCUT2D eigenvalue weighted by atomic mass is 10.0. The zero-order valence-corrected chi connectivity index (χ0v) is 18.4. The number of fused-ring (bicyclic) bond motifs is 1. The molecule has 1 atom stereocenters. The van der Waals surface area contributed by atoms with Crippen molar-refractivity contribution in [2.45, 2.75) is 19.4 Å². The van der Waals surface area contributed by atoms with E-state index < -0.39 is 18.1 Å². The predicted molar refractivity (Wildman–Crippen MR) is 120 cm³/mol. The molecule has 0 spiro atoms. The van der Waals surface area contributed by atoms with E-state index in [1.165, 1.54) is 4.57 Å². The molecule has 31 heavy (non-hydrogen) atoms. The van der Waals surface area contributed by atoms with Crippen molar-refractivity contribution < 1.29 is 19.1 Å². The Morgan fingerprint density at radius 3 is 2.39 bits per heavy atom. The number of cyclic esters (lactones) is 1. The van der Waals surface area contributed by atoms with Crippen LogP contribution in [0.15, 0.2) is 58.6 Å². The zero-order chi connectivity index (χ0) is 22.3. The molecule has 158 valence electrons. The number of nitrogens with one attached hydrogen (secondary N) is 1. The Balaban J connectivity index is 1.70. The third-order valence-electron chi connectivity index (χ3n) is 4.98. The minimum atomic E-state index is -0.946. The van der Waals surface area contributed by atoms with Gasteiger partial charge in [-0.2, -0.15) is 0 Å². The van der Waals surface area contributed by atoms with Crippen LogP contribution in [-0.2, 0) is 9.53 Å². The van der Waals surface area contributed by atoms with Gasteiger partial charge in [0.15, 0.2) is 5.78 Å². The average Bonchev–Trinajstić information content (AvgIpc) is 3.17. The van der Waals surface area contributed by atoms with Crippen LogP contribution in [0.25, 0.3) is 10.9 Å². The van der Waals surface area contributed by atoms with Gasteiger partial charge in [-0.1, -0.05) is 53.0 Å². The van der Waals surface area contributed by atoms with Crippen LogP contribution in [0.1, 0.15) is 22.5 Å². The van der Waals surface area contributed by atoms with Crippen molar-refractivity contribution in [2.24, 2.45) is 0 Å². The number of hydrogen-bond donors (Lipinski definition) is 1. The maximum atomic E-state index is 13.2. The molecule has 9 heteroatoms. The number of amides is 1. The first-order valence-corrected chi connectivity index (χ1v) is 10.4. The molecule has 2 heterocycles. The summed E-state index contributed by atoms with van der Waals surface area (Å²) in [4.78, 5) is 37.8. The molecule has 0 bridgehead atoms. The van der Waals surface area contributed by atoms with Crippen molar-refractivity contribution in [3.05, 3.63) is 74.9 Å². The highest BCUT2D eigenvalue weighted by Crippen LogP contribution is 2.33. The number of benzene rings is 2. The largest absolute Gasteiger partial charge is 0.452 e. The summed E-state index contributed by atoms with van der Waals surface area (Å²) in [5.41, 5.74) is 1.93. The van der Waals surface area contributed by atoms with E-state index in [1.54, 1.807) is 55.5 Å². The van der Waals surface area contributed by atoms with Gasteiger partial charge in [0, 0.05) is 27.4 Å². The maximum absolute atomic E-state index is 13.2. The van der Waals surface area contributed by atoms with Gasteiger partial charge < -0.3 is 10.1 Å². The van der Waals surface area contributed by atoms with Crippen LogP contribution in [0.5, 0.6) is 0 Å². The fourth-order valence-electron chi connectivity index (χ4n) is 3.57. The normalized spacial score (nSPS) is 16.0. The molecular weight excluding hydrogens is 463 g/mol. The molecule has 1 aliphatic rings. The molecule has 4 rings (SSSR count). The summed E-state index contributed by atoms with van der Waals surface area (Å²) in [6.07, 6.45) is -1.13. The monoisotopic (exact) mass is 476 g/mol. The van der Waals surface area contributed by atoms with E-state index in [0.29, 0.717) is 32.9 Å². The SMILES string of the molecule is Cc1c(C(=O)C[C@H]2OC(=O)C(Cl)=C2Cl)c2ccccc2n1C(=O)Nc1ccc(Cl)cc1. The summed E-state index contributed by atoms with van der Waals surface area (Å²) in [5, 5.41) is 3.73. The summed E-state index contributed by atoms with van der Waals surface area (Å²) in [5.74, 6) is -1.08. The summed E-state index contributed by atoms with van der Waals surface area (Å²) in [6, 6.07) is 13.3. The molecule has 2 aromatic carbocycles. The first-order chi connectivity index (χ1) is 14.8. The number of rotatable bonds is 4. The highest BCUT2D eigenvalue weighted by molar-refractivity contribution is 6.48. The number of aromatic nitrogens is 1. The molecule has 3 aromatic rings. The Labute approximate surface area is 192 Å². The molecule has 1 aliphatic heterocycles. The van der Waals surface area contributed by atoms with Crippen molar-refractivity contribution in [2.75, 3.05) is 5.32 Å². The van der Waals surface area contributed by atoms with E-state index in [-0.39, 0.29) is 22.3 Å². The van der Waals surface area contributed by atoms with E-state index in [0.717, 1.165) is 0 Å². The van der Waals surface area contributed by atoms with E-state index in [1.807, 2.05) is 0 Å². The Bertz CT molecular complexity index is 1260. The number of para-hydroxylation sites is 1. The Morgan fingerprint density at radius 2 is 1.74 bits per heavy atom. The van der Waals surface area contributed by atoms with Crippen LogP contribution in [0, 0.1) is 6.92 Å². The standard InChI is InChI=1S/C22H15Cl3N2O4/c1-11-18(16(28)10-17-19(24)20(25)21(29)31-17)14-4-2-3-5-15(14)27(11)22(30)26-13-8-6-12(23)7-9-13/h2-9,17H,10H2,1H3,(H,26,30)/t17-/m1/s1. The van der Waals surface area contributed by atoms with Crippen molar-refractivity contribution in [3.8, 4) is 0 Å². The highest BCUT2D eigenvalue weighted by Gasteiger charge is 2.35. The van der Waals surface area contributed by atoms with Gasteiger partial charge in [0.2, 0.25) is 0 Å². The Hall–Kier alpha value is -2.80. The van der Waals surface area contributed by atoms with Crippen molar-refractivity contribution >= 4 is 69.2 Å². The van der Waals surface area contributed by atoms with E-state index >= 15 is 0 Å². The second-order valence-electron chi connectivity index (χ2n) is 6.93. The van der Waals surface area contributed by atoms with Gasteiger partial charge in [0.1, 0.15) is 11.1 Å². The van der Waals surface area contributed by atoms with Crippen molar-refractivity contribution in [3.63, 3.8) is 0 Å². The predicted octanol–water partition coefficient (Wildman–Crippen LogP) is 5.87. The fraction of sp³-hybridized carbons (Fsp3) is 0.136. The fourth-order valence-corrected chi connectivity index (χ4v) is 4.06. The average molecular weight is 478 g/mol. The molecule has 1 N–H and O–H groups in total. The van der Waals surface area contributed by atoms with Gasteiger partial charge in [0.05, 0.1) is 17.0 Å². The van der Waals surface area contributed by atoms with Crippen LogP contribution in [0.2, 0.25) is 5.02 Å². The number of hydrogen-bond acceptors (Lipinski definition) is 4. The third kappa shape index (κ3) is 3.94. The number of ether oxygens (including phenoxy) is 1. The lowest BCUT2D eigenvalue weighted by Crippen LogP contribution is -2.21. The number of halogens is 3. The van der Waals surface area contributed by atoms with Crippen molar-refractivity contribution in [1.29, 1.82) is 0 Å². The summed E-state index contributed by atoms with van der Waals surface area (Å²) in [7, 11) is 0. The molecule has 0 radical (unpaired) electrons. The number of ketones is 1. The summed E-state index contributed by atoms with van der Waals surface area (Å²) < 4.78 is 6.51. The van der Waals surface area contributed by atoms with Gasteiger partial charge in [-0.15, -0.1) is 0 Å². The first kappa shape index (κ1) is 21.4. The molecule has 0 fully saturated rings. The highest BCUT2D eigenvalue weighted by atomic mass is 35.5. The lowest BCUT2D eigenvalue weighted by Gasteiger charge is -2.11. The van der Waals surface area contributed by atoms with Crippen LogP contribution in [0.3, 0.4) is 0 Å². The zero-order valence-electron chi connectivity index (χ0n) is 16.1. The number of anilines is 1. The first-order valence-electron chi connectivity index (χ1n) is 9.24. The van der Waals surface area contributed by atoms with E-state index in [4.69, 9.17) is 39.5 Å². The topological polar surface area (TPSA) is 77.4 Å². The number of carbonyl (C=O) groups excluding carboxylic acids is 3. The number of Topliss-reactive ketones (excluding diaryl/α,β-unsaturated/α-hetero) is 1. The summed E-state index contributed by atoms with van der Waals surface area (Å²) >= 11 is 17.7. The van der Waals surface area contributed by atoms with Crippen LogP contribution in [-0.4, -0.2) is 28.5 Å². The molecular formula is C22H15Cl3N2O4. The van der Waals surface area contributed by atoms with Gasteiger partial charge >= 0.3 is 12.0 Å². The molecule has 1 amide bonds. The van der Waals surface area contributed by atoms with Crippen molar-refractivity contribution in [1.82, 2.24) is 4.57 Å². The van der Waals surface area contributed by atoms with Gasteiger partial charge in [-0.25, -0.2) is 9.59 Å². The molecule has 0 saturated carbocycles. The van der Waals surface area contributed by atoms with Gasteiger partial charge in [-0.3, -0.25) is 9.36 Å². The molecule has 1 aromatic heterocycles. The van der Waals surface area contributed by atoms with Crippen LogP contribution < -0.4 is 5.32 Å². The van der Waals surface area contributed by atoms with E-state index in [2.05, 4.69) is 5.32 Å². The Morgan fingerprint density at radius 1 is 1.06 bits per heavy atom. The van der Waals surface area contributed by atoms with E-state index in [9.17, 15) is 14.4 Å². The third-order valence-corrected chi connectivity index (χ3v) is 6.12. The Kier molecular flexibility index (Phi) is 5.79. The van der Waals surface area contributed by atoms with Gasteiger partial charge in [0.25, 0.3) is 0 Å². The molecule has 6 nitrogen and oxygen atoms in total. The second-order valence-corrected chi connectivity index (χ2v) is 8.15.